The average Bonchev–Trinajstić information content (AvgIpc) is 2.29. The first kappa shape index (κ1) is 11.2. The lowest BCUT2D eigenvalue weighted by atomic mass is 10.1. The van der Waals surface area contributed by atoms with Crippen molar-refractivity contribution >= 4 is 5.69 Å². The minimum absolute atomic E-state index is 0.140. The van der Waals surface area contributed by atoms with Gasteiger partial charge in [-0.05, 0) is 13.0 Å². The van der Waals surface area contributed by atoms with E-state index in [1.54, 1.807) is 6.07 Å². The van der Waals surface area contributed by atoms with E-state index >= 15 is 0 Å². The summed E-state index contributed by atoms with van der Waals surface area (Å²) in [5, 5.41) is 9.85. The van der Waals surface area contributed by atoms with Gasteiger partial charge in [0.05, 0.1) is 13.2 Å². The lowest BCUT2D eigenvalue weighted by molar-refractivity contribution is 0.122. The summed E-state index contributed by atoms with van der Waals surface area (Å²) in [7, 11) is 0. The Kier molecular flexibility index (Phi) is 3.31. The fourth-order valence-corrected chi connectivity index (χ4v) is 1.94. The van der Waals surface area contributed by atoms with E-state index in [1.165, 1.54) is 0 Å². The third-order valence-corrected chi connectivity index (χ3v) is 2.88. The second-order valence-corrected chi connectivity index (χ2v) is 4.13. The van der Waals surface area contributed by atoms with Crippen LogP contribution in [0.2, 0.25) is 0 Å². The highest BCUT2D eigenvalue weighted by molar-refractivity contribution is 5.54. The summed E-state index contributed by atoms with van der Waals surface area (Å²) in [6.45, 7) is 5.10. The number of anilines is 1. The number of nitrogens with zero attached hydrogens (tertiary/aromatic N) is 1. The molecule has 1 aliphatic heterocycles. The predicted octanol–water partition coefficient (Wildman–Crippen LogP) is 1.25. The molecule has 4 nitrogen and oxygen atoms in total. The molecule has 2 rings (SSSR count). The lowest BCUT2D eigenvalue weighted by Crippen LogP contribution is -2.36. The van der Waals surface area contributed by atoms with Crippen molar-refractivity contribution in [3.63, 3.8) is 0 Å². The molecule has 1 saturated heterocycles. The van der Waals surface area contributed by atoms with Gasteiger partial charge >= 0.3 is 0 Å². The van der Waals surface area contributed by atoms with E-state index in [-0.39, 0.29) is 11.8 Å². The number of rotatable bonds is 2. The summed E-state index contributed by atoms with van der Waals surface area (Å²) >= 11 is 0. The predicted molar refractivity (Wildman–Crippen MR) is 63.7 cm³/mol. The zero-order valence-corrected chi connectivity index (χ0v) is 9.52. The Balaban J connectivity index is 2.19. The second kappa shape index (κ2) is 4.72. The van der Waals surface area contributed by atoms with E-state index < -0.39 is 0 Å². The second-order valence-electron chi connectivity index (χ2n) is 4.13. The van der Waals surface area contributed by atoms with Gasteiger partial charge in [0, 0.05) is 36.4 Å². The molecule has 1 atom stereocenters. The molecule has 3 N–H and O–H groups in total. The van der Waals surface area contributed by atoms with Crippen LogP contribution in [0.25, 0.3) is 0 Å². The molecule has 0 radical (unpaired) electrons. The third-order valence-electron chi connectivity index (χ3n) is 2.88. The van der Waals surface area contributed by atoms with Gasteiger partial charge in [0.25, 0.3) is 0 Å². The number of aromatic hydroxyl groups is 1. The summed E-state index contributed by atoms with van der Waals surface area (Å²) in [5.74, 6) is 0.277. The number of phenolic OH excluding ortho intramolecular Hbond substituents is 1. The normalized spacial score (nSPS) is 18.5. The summed E-state index contributed by atoms with van der Waals surface area (Å²) in [6.07, 6.45) is 0. The smallest absolute Gasteiger partial charge is 0.122 e. The van der Waals surface area contributed by atoms with Crippen LogP contribution >= 0.6 is 0 Å². The van der Waals surface area contributed by atoms with Gasteiger partial charge in [-0.15, -0.1) is 0 Å². The van der Waals surface area contributed by atoms with Gasteiger partial charge < -0.3 is 20.5 Å². The largest absolute Gasteiger partial charge is 0.508 e. The van der Waals surface area contributed by atoms with Gasteiger partial charge in [0.15, 0.2) is 0 Å². The first-order valence-corrected chi connectivity index (χ1v) is 5.59. The minimum Gasteiger partial charge on any atom is -0.508 e. The fraction of sp³-hybridized carbons (Fsp3) is 0.500. The Morgan fingerprint density at radius 2 is 2.06 bits per heavy atom. The summed E-state index contributed by atoms with van der Waals surface area (Å²) in [4.78, 5) is 2.20. The molecule has 1 aliphatic rings. The van der Waals surface area contributed by atoms with Crippen LogP contribution in [0.5, 0.6) is 5.75 Å². The molecule has 0 aromatic heterocycles. The van der Waals surface area contributed by atoms with Gasteiger partial charge in [-0.3, -0.25) is 0 Å². The van der Waals surface area contributed by atoms with Crippen molar-refractivity contribution in [2.24, 2.45) is 5.73 Å². The summed E-state index contributed by atoms with van der Waals surface area (Å²) in [5.41, 5.74) is 7.57. The zero-order valence-electron chi connectivity index (χ0n) is 9.52. The van der Waals surface area contributed by atoms with Crippen LogP contribution in [0.3, 0.4) is 0 Å². The number of hydrogen-bond acceptors (Lipinski definition) is 4. The Hall–Kier alpha value is -1.26. The first-order valence-electron chi connectivity index (χ1n) is 5.59. The number of morpholine rings is 1. The third kappa shape index (κ3) is 2.28. The van der Waals surface area contributed by atoms with Gasteiger partial charge in [-0.1, -0.05) is 6.07 Å². The number of benzene rings is 1. The maximum atomic E-state index is 9.85. The Morgan fingerprint density at radius 1 is 1.38 bits per heavy atom. The SMILES string of the molecule is CC(N)c1ccc(N2CCOCC2)cc1O. The van der Waals surface area contributed by atoms with E-state index in [0.717, 1.165) is 37.6 Å². The molecule has 1 aromatic carbocycles. The molecule has 0 aliphatic carbocycles. The van der Waals surface area contributed by atoms with Crippen molar-refractivity contribution in [3.05, 3.63) is 23.8 Å². The van der Waals surface area contributed by atoms with Crippen molar-refractivity contribution in [3.8, 4) is 5.75 Å². The molecule has 1 unspecified atom stereocenters. The van der Waals surface area contributed by atoms with Crippen molar-refractivity contribution in [1.29, 1.82) is 0 Å². The van der Waals surface area contributed by atoms with Crippen LogP contribution in [0.15, 0.2) is 18.2 Å². The lowest BCUT2D eigenvalue weighted by Gasteiger charge is -2.29. The monoisotopic (exact) mass is 222 g/mol. The van der Waals surface area contributed by atoms with Crippen LogP contribution in [0.4, 0.5) is 5.69 Å². The Bertz CT molecular complexity index is 360. The van der Waals surface area contributed by atoms with Crippen LogP contribution in [0, 0.1) is 0 Å². The Morgan fingerprint density at radius 3 is 2.62 bits per heavy atom. The quantitative estimate of drug-likeness (QED) is 0.790. The molecule has 16 heavy (non-hydrogen) atoms. The number of phenols is 1. The van der Waals surface area contributed by atoms with Crippen molar-refractivity contribution in [2.45, 2.75) is 13.0 Å². The molecular weight excluding hydrogens is 204 g/mol. The van der Waals surface area contributed by atoms with Crippen LogP contribution < -0.4 is 10.6 Å². The molecule has 0 amide bonds. The van der Waals surface area contributed by atoms with Crippen LogP contribution in [0.1, 0.15) is 18.5 Å². The molecule has 1 aromatic rings. The van der Waals surface area contributed by atoms with E-state index in [2.05, 4.69) is 4.90 Å². The molecule has 4 heteroatoms. The van der Waals surface area contributed by atoms with E-state index in [0.29, 0.717) is 0 Å². The Labute approximate surface area is 95.6 Å². The first-order chi connectivity index (χ1) is 7.68. The highest BCUT2D eigenvalue weighted by atomic mass is 16.5. The molecule has 0 spiro atoms. The molecule has 0 saturated carbocycles. The van der Waals surface area contributed by atoms with Gasteiger partial charge in [-0.2, -0.15) is 0 Å². The van der Waals surface area contributed by atoms with Crippen molar-refractivity contribution in [1.82, 2.24) is 0 Å². The summed E-state index contributed by atoms with van der Waals surface area (Å²) < 4.78 is 5.29. The van der Waals surface area contributed by atoms with Gasteiger partial charge in [0.1, 0.15) is 5.75 Å². The van der Waals surface area contributed by atoms with E-state index in [9.17, 15) is 5.11 Å². The van der Waals surface area contributed by atoms with Crippen molar-refractivity contribution < 1.29 is 9.84 Å². The fourth-order valence-electron chi connectivity index (χ4n) is 1.94. The molecule has 88 valence electrons. The van der Waals surface area contributed by atoms with Gasteiger partial charge in [0.2, 0.25) is 0 Å². The highest BCUT2D eigenvalue weighted by Gasteiger charge is 2.13. The molecule has 1 heterocycles. The van der Waals surface area contributed by atoms with E-state index in [1.807, 2.05) is 19.1 Å². The van der Waals surface area contributed by atoms with Crippen LogP contribution in [-0.4, -0.2) is 31.4 Å². The molecular formula is C12H18N2O2. The minimum atomic E-state index is -0.140. The zero-order chi connectivity index (χ0) is 11.5. The maximum Gasteiger partial charge on any atom is 0.122 e. The number of hydrogen-bond donors (Lipinski definition) is 2. The number of ether oxygens (including phenoxy) is 1. The number of nitrogens with two attached hydrogens (primary N) is 1. The topological polar surface area (TPSA) is 58.7 Å². The molecule has 1 fully saturated rings. The summed E-state index contributed by atoms with van der Waals surface area (Å²) in [6, 6.07) is 5.54. The molecule has 0 bridgehead atoms. The highest BCUT2D eigenvalue weighted by Crippen LogP contribution is 2.28. The standard InChI is InChI=1S/C12H18N2O2/c1-9(13)11-3-2-10(8-12(11)15)14-4-6-16-7-5-14/h2-3,8-9,15H,4-7,13H2,1H3. The maximum absolute atomic E-state index is 9.85. The van der Waals surface area contributed by atoms with Crippen LogP contribution in [-0.2, 0) is 4.74 Å². The average molecular weight is 222 g/mol. The van der Waals surface area contributed by atoms with Gasteiger partial charge in [-0.25, -0.2) is 0 Å². The van der Waals surface area contributed by atoms with Crippen molar-refractivity contribution in [2.75, 3.05) is 31.2 Å². The van der Waals surface area contributed by atoms with E-state index in [4.69, 9.17) is 10.5 Å².